The molecular formula is C33H32N2O6. The van der Waals surface area contributed by atoms with E-state index in [4.69, 9.17) is 9.47 Å². The highest BCUT2D eigenvalue weighted by molar-refractivity contribution is 6.10. The molecule has 5 atom stereocenters. The fraction of sp³-hybridized carbons (Fsp3) is 0.394. The fourth-order valence-electron chi connectivity index (χ4n) is 7.98. The summed E-state index contributed by atoms with van der Waals surface area (Å²) in [5, 5.41) is 26.4. The first kappa shape index (κ1) is 24.9. The van der Waals surface area contributed by atoms with Gasteiger partial charge in [0.2, 0.25) is 5.91 Å². The number of rotatable bonds is 6. The fourth-order valence-corrected chi connectivity index (χ4v) is 7.98. The molecule has 2 heterocycles. The van der Waals surface area contributed by atoms with E-state index >= 15 is 0 Å². The molecule has 41 heavy (non-hydrogen) atoms. The Bertz CT molecular complexity index is 1550. The summed E-state index contributed by atoms with van der Waals surface area (Å²) >= 11 is 0. The molecule has 0 radical (unpaired) electrons. The Kier molecular flexibility index (Phi) is 5.34. The molecule has 8 rings (SSSR count). The van der Waals surface area contributed by atoms with Crippen molar-refractivity contribution in [3.63, 3.8) is 0 Å². The first-order valence-corrected chi connectivity index (χ1v) is 14.5. The van der Waals surface area contributed by atoms with Crippen molar-refractivity contribution in [1.82, 2.24) is 4.90 Å². The molecule has 3 fully saturated rings. The predicted molar refractivity (Wildman–Crippen MR) is 150 cm³/mol. The number of carbonyl (C=O) groups excluding carboxylic acids is 2. The van der Waals surface area contributed by atoms with E-state index < -0.39 is 28.9 Å². The number of aromatic hydroxyl groups is 1. The maximum atomic E-state index is 14.1. The summed E-state index contributed by atoms with van der Waals surface area (Å²) in [4.78, 5) is 30.1. The molecule has 3 aromatic carbocycles. The Hall–Kier alpha value is -3.88. The zero-order valence-electron chi connectivity index (χ0n) is 22.6. The molecule has 0 aromatic heterocycles. The number of piperidine rings is 1. The van der Waals surface area contributed by atoms with Crippen molar-refractivity contribution in [2.24, 2.45) is 11.8 Å². The number of para-hydroxylation sites is 1. The molecule has 3 aromatic rings. The number of nitrogens with zero attached hydrogens (tertiary/aromatic N) is 1. The van der Waals surface area contributed by atoms with Crippen molar-refractivity contribution >= 4 is 17.4 Å². The van der Waals surface area contributed by atoms with Gasteiger partial charge in [0.1, 0.15) is 17.4 Å². The van der Waals surface area contributed by atoms with Crippen molar-refractivity contribution in [3.8, 4) is 23.0 Å². The minimum absolute atomic E-state index is 0.0209. The SMILES string of the molecule is O=C(Nc1ccc(Oc2ccccc2)cc1)C1C[C@@]2(O)[C@H]3Cc4ccc(O)c5c4[C@@]2(CCN3CC2CC2)[C@@H](O5)C1=O. The van der Waals surface area contributed by atoms with Crippen LogP contribution in [0.15, 0.2) is 66.7 Å². The van der Waals surface area contributed by atoms with E-state index in [1.54, 1.807) is 30.3 Å². The molecule has 1 amide bonds. The lowest BCUT2D eigenvalue weighted by molar-refractivity contribution is -0.197. The number of ketones is 1. The van der Waals surface area contributed by atoms with E-state index in [9.17, 15) is 19.8 Å². The number of hydrogen-bond donors (Lipinski definition) is 3. The molecule has 1 saturated heterocycles. The number of hydrogen-bond acceptors (Lipinski definition) is 7. The van der Waals surface area contributed by atoms with E-state index in [1.807, 2.05) is 36.4 Å². The van der Waals surface area contributed by atoms with Gasteiger partial charge in [0.15, 0.2) is 23.4 Å². The van der Waals surface area contributed by atoms with Crippen LogP contribution in [-0.4, -0.2) is 57.6 Å². The van der Waals surface area contributed by atoms with Gasteiger partial charge in [-0.3, -0.25) is 14.5 Å². The summed E-state index contributed by atoms with van der Waals surface area (Å²) in [7, 11) is 0. The molecule has 8 nitrogen and oxygen atoms in total. The zero-order valence-corrected chi connectivity index (χ0v) is 22.6. The lowest BCUT2D eigenvalue weighted by atomic mass is 9.47. The average Bonchev–Trinajstić information content (AvgIpc) is 3.71. The number of Topliss-reactive ketones (excluding diaryl/α,β-unsaturated/α-hetero) is 1. The van der Waals surface area contributed by atoms with Crippen LogP contribution in [0.25, 0.3) is 0 Å². The van der Waals surface area contributed by atoms with Crippen LogP contribution in [0.4, 0.5) is 5.69 Å². The first-order chi connectivity index (χ1) is 19.9. The van der Waals surface area contributed by atoms with Gasteiger partial charge in [0, 0.05) is 23.8 Å². The van der Waals surface area contributed by atoms with Crippen molar-refractivity contribution in [3.05, 3.63) is 77.9 Å². The summed E-state index contributed by atoms with van der Waals surface area (Å²) in [6.45, 7) is 1.66. The minimum Gasteiger partial charge on any atom is -0.504 e. The van der Waals surface area contributed by atoms with Crippen LogP contribution in [0.1, 0.15) is 36.8 Å². The third-order valence-corrected chi connectivity index (χ3v) is 10.0. The van der Waals surface area contributed by atoms with Gasteiger partial charge in [0.05, 0.1) is 11.0 Å². The molecule has 1 unspecified atom stereocenters. The molecule has 2 saturated carbocycles. The molecule has 8 heteroatoms. The van der Waals surface area contributed by atoms with Crippen molar-refractivity contribution in [2.45, 2.75) is 55.3 Å². The quantitative estimate of drug-likeness (QED) is 0.394. The Morgan fingerprint density at radius 3 is 2.56 bits per heavy atom. The summed E-state index contributed by atoms with van der Waals surface area (Å²) < 4.78 is 12.1. The number of nitrogens with one attached hydrogen (secondary N) is 1. The van der Waals surface area contributed by atoms with Crippen LogP contribution in [0.2, 0.25) is 0 Å². The Morgan fingerprint density at radius 2 is 1.80 bits per heavy atom. The maximum Gasteiger partial charge on any atom is 0.235 e. The van der Waals surface area contributed by atoms with Crippen LogP contribution in [-0.2, 0) is 21.4 Å². The number of carbonyl (C=O) groups is 2. The molecule has 1 spiro atoms. The normalized spacial score (nSPS) is 31.2. The molecule has 210 valence electrons. The molecule has 3 N–H and O–H groups in total. The standard InChI is InChI=1S/C33H32N2O6/c36-25-13-8-20-16-26-33(39)17-24(31(38)34-21-9-11-23(12-10-21)40-22-4-2-1-3-5-22)28(37)30-32(33,27(20)29(25)41-30)14-15-35(26)18-19-6-7-19/h1-5,8-13,19,24,26,30,36,39H,6-7,14-18H2,(H,34,38)/t24?,26-,30+,32+,33-/m1/s1. The summed E-state index contributed by atoms with van der Waals surface area (Å²) in [5.74, 6) is 0.352. The van der Waals surface area contributed by atoms with Gasteiger partial charge < -0.3 is 25.0 Å². The molecular weight excluding hydrogens is 520 g/mol. The van der Waals surface area contributed by atoms with Gasteiger partial charge in [-0.2, -0.15) is 0 Å². The zero-order chi connectivity index (χ0) is 27.9. The second-order valence-electron chi connectivity index (χ2n) is 12.3. The molecule has 5 aliphatic rings. The van der Waals surface area contributed by atoms with Crippen LogP contribution < -0.4 is 14.8 Å². The Balaban J connectivity index is 1.10. The lowest BCUT2D eigenvalue weighted by Gasteiger charge is -2.63. The van der Waals surface area contributed by atoms with Gasteiger partial charge in [0.25, 0.3) is 0 Å². The minimum atomic E-state index is -1.35. The van der Waals surface area contributed by atoms with E-state index in [-0.39, 0.29) is 24.0 Å². The molecule has 2 aliphatic heterocycles. The van der Waals surface area contributed by atoms with E-state index in [0.717, 1.165) is 24.2 Å². The number of phenolic OH excluding ortho intramolecular Hbond substituents is 1. The highest BCUT2D eigenvalue weighted by atomic mass is 16.5. The smallest absolute Gasteiger partial charge is 0.235 e. The predicted octanol–water partition coefficient (Wildman–Crippen LogP) is 4.18. The van der Waals surface area contributed by atoms with Crippen LogP contribution in [0, 0.1) is 11.8 Å². The maximum absolute atomic E-state index is 14.1. The number of anilines is 1. The van der Waals surface area contributed by atoms with Crippen LogP contribution in [0.5, 0.6) is 23.0 Å². The van der Waals surface area contributed by atoms with E-state index in [1.165, 1.54) is 12.8 Å². The van der Waals surface area contributed by atoms with Crippen LogP contribution in [0.3, 0.4) is 0 Å². The van der Waals surface area contributed by atoms with Gasteiger partial charge in [-0.05, 0) is 92.6 Å². The summed E-state index contributed by atoms with van der Waals surface area (Å²) in [6, 6.07) is 19.7. The second kappa shape index (κ2) is 8.81. The number of amides is 1. The van der Waals surface area contributed by atoms with E-state index in [0.29, 0.717) is 41.7 Å². The number of benzene rings is 3. The van der Waals surface area contributed by atoms with Crippen molar-refractivity contribution < 1.29 is 29.3 Å². The number of likely N-dealkylation sites (tertiary alicyclic amines) is 1. The third kappa shape index (κ3) is 3.60. The van der Waals surface area contributed by atoms with Gasteiger partial charge in [-0.25, -0.2) is 0 Å². The monoisotopic (exact) mass is 552 g/mol. The lowest BCUT2D eigenvalue weighted by Crippen LogP contribution is -2.78. The number of ether oxygens (including phenoxy) is 2. The van der Waals surface area contributed by atoms with Gasteiger partial charge in [-0.1, -0.05) is 24.3 Å². The number of phenols is 1. The largest absolute Gasteiger partial charge is 0.504 e. The second-order valence-corrected chi connectivity index (χ2v) is 12.3. The highest BCUT2D eigenvalue weighted by Crippen LogP contribution is 2.65. The first-order valence-electron chi connectivity index (χ1n) is 14.5. The third-order valence-electron chi connectivity index (χ3n) is 10.0. The van der Waals surface area contributed by atoms with Crippen molar-refractivity contribution in [2.75, 3.05) is 18.4 Å². The average molecular weight is 553 g/mol. The highest BCUT2D eigenvalue weighted by Gasteiger charge is 2.75. The topological polar surface area (TPSA) is 108 Å². The molecule has 2 bridgehead atoms. The molecule has 3 aliphatic carbocycles. The summed E-state index contributed by atoms with van der Waals surface area (Å²) in [5.41, 5.74) is 0.00634. The Morgan fingerprint density at radius 1 is 1.05 bits per heavy atom. The van der Waals surface area contributed by atoms with Gasteiger partial charge >= 0.3 is 0 Å². The Labute approximate surface area is 237 Å². The van der Waals surface area contributed by atoms with Gasteiger partial charge in [-0.15, -0.1) is 0 Å². The summed E-state index contributed by atoms with van der Waals surface area (Å²) in [6.07, 6.45) is 2.54. The van der Waals surface area contributed by atoms with E-state index in [2.05, 4.69) is 10.2 Å². The van der Waals surface area contributed by atoms with Crippen molar-refractivity contribution in [1.29, 1.82) is 0 Å². The number of aliphatic hydroxyl groups is 1. The van der Waals surface area contributed by atoms with Crippen LogP contribution >= 0.6 is 0 Å².